The van der Waals surface area contributed by atoms with Gasteiger partial charge in [0, 0.05) is 35.6 Å². The van der Waals surface area contributed by atoms with Gasteiger partial charge in [-0.25, -0.2) is 0 Å². The standard InChI is InChI=1S/C15H17NO/c1-10-6-7-14-12(8-10)13(9-16(14)2)15(17)11-4-3-5-11/h6-9,11H,3-5H2,1-2H3. The molecule has 1 fully saturated rings. The Morgan fingerprint density at radius 2 is 2.12 bits per heavy atom. The van der Waals surface area contributed by atoms with Crippen LogP contribution in [-0.2, 0) is 7.05 Å². The monoisotopic (exact) mass is 227 g/mol. The molecule has 0 N–H and O–H groups in total. The number of carbonyl (C=O) groups excluding carboxylic acids is 1. The molecule has 1 aliphatic rings. The van der Waals surface area contributed by atoms with Crippen molar-refractivity contribution in [1.82, 2.24) is 4.57 Å². The smallest absolute Gasteiger partial charge is 0.168 e. The van der Waals surface area contributed by atoms with Gasteiger partial charge in [0.05, 0.1) is 0 Å². The first-order valence-corrected chi connectivity index (χ1v) is 6.27. The summed E-state index contributed by atoms with van der Waals surface area (Å²) >= 11 is 0. The third-order valence-electron chi connectivity index (χ3n) is 3.89. The maximum Gasteiger partial charge on any atom is 0.168 e. The van der Waals surface area contributed by atoms with Gasteiger partial charge in [0.15, 0.2) is 5.78 Å². The molecular formula is C15H17NO. The second-order valence-corrected chi connectivity index (χ2v) is 5.17. The molecule has 1 saturated carbocycles. The van der Waals surface area contributed by atoms with Crippen LogP contribution in [-0.4, -0.2) is 10.4 Å². The van der Waals surface area contributed by atoms with Crippen molar-refractivity contribution in [3.05, 3.63) is 35.5 Å². The van der Waals surface area contributed by atoms with Crippen LogP contribution in [0.15, 0.2) is 24.4 Å². The highest BCUT2D eigenvalue weighted by Gasteiger charge is 2.28. The van der Waals surface area contributed by atoms with Crippen LogP contribution in [0.2, 0.25) is 0 Å². The zero-order chi connectivity index (χ0) is 12.0. The highest BCUT2D eigenvalue weighted by molar-refractivity contribution is 6.09. The molecule has 88 valence electrons. The van der Waals surface area contributed by atoms with E-state index in [4.69, 9.17) is 0 Å². The van der Waals surface area contributed by atoms with E-state index in [0.29, 0.717) is 5.78 Å². The van der Waals surface area contributed by atoms with Crippen molar-refractivity contribution < 1.29 is 4.79 Å². The molecule has 2 nitrogen and oxygen atoms in total. The van der Waals surface area contributed by atoms with Gasteiger partial charge in [-0.1, -0.05) is 18.1 Å². The number of carbonyl (C=O) groups is 1. The third-order valence-corrected chi connectivity index (χ3v) is 3.89. The molecule has 17 heavy (non-hydrogen) atoms. The Morgan fingerprint density at radius 1 is 1.35 bits per heavy atom. The van der Waals surface area contributed by atoms with Crippen molar-refractivity contribution in [2.75, 3.05) is 0 Å². The van der Waals surface area contributed by atoms with Crippen molar-refractivity contribution in [2.24, 2.45) is 13.0 Å². The van der Waals surface area contributed by atoms with Gasteiger partial charge in [0.1, 0.15) is 0 Å². The van der Waals surface area contributed by atoms with Crippen LogP contribution in [0.25, 0.3) is 10.9 Å². The van der Waals surface area contributed by atoms with E-state index in [2.05, 4.69) is 29.7 Å². The fourth-order valence-electron chi connectivity index (χ4n) is 2.59. The molecule has 1 aromatic heterocycles. The SMILES string of the molecule is Cc1ccc2c(c1)c(C(=O)C1CCC1)cn2C. The zero-order valence-corrected chi connectivity index (χ0v) is 10.4. The normalized spacial score (nSPS) is 16.1. The molecule has 3 rings (SSSR count). The van der Waals surface area contributed by atoms with Crippen LogP contribution in [0, 0.1) is 12.8 Å². The largest absolute Gasteiger partial charge is 0.350 e. The number of rotatable bonds is 2. The highest BCUT2D eigenvalue weighted by Crippen LogP contribution is 2.32. The molecule has 0 saturated heterocycles. The number of fused-ring (bicyclic) bond motifs is 1. The second kappa shape index (κ2) is 3.73. The predicted octanol–water partition coefficient (Wildman–Crippen LogP) is 3.47. The average Bonchev–Trinajstić information content (AvgIpc) is 2.53. The predicted molar refractivity (Wildman–Crippen MR) is 69.3 cm³/mol. The van der Waals surface area contributed by atoms with Gasteiger partial charge in [-0.15, -0.1) is 0 Å². The first-order chi connectivity index (χ1) is 8.16. The summed E-state index contributed by atoms with van der Waals surface area (Å²) in [5.41, 5.74) is 3.28. The van der Waals surface area contributed by atoms with E-state index in [-0.39, 0.29) is 5.92 Å². The first-order valence-electron chi connectivity index (χ1n) is 6.27. The Morgan fingerprint density at radius 3 is 2.76 bits per heavy atom. The van der Waals surface area contributed by atoms with Crippen molar-refractivity contribution in [1.29, 1.82) is 0 Å². The van der Waals surface area contributed by atoms with E-state index < -0.39 is 0 Å². The summed E-state index contributed by atoms with van der Waals surface area (Å²) in [6.45, 7) is 2.07. The van der Waals surface area contributed by atoms with E-state index in [0.717, 1.165) is 29.3 Å². The Labute approximate surface area is 101 Å². The summed E-state index contributed by atoms with van der Waals surface area (Å²) in [4.78, 5) is 12.4. The average molecular weight is 227 g/mol. The van der Waals surface area contributed by atoms with Crippen molar-refractivity contribution in [3.63, 3.8) is 0 Å². The minimum absolute atomic E-state index is 0.279. The fourth-order valence-corrected chi connectivity index (χ4v) is 2.59. The Balaban J connectivity index is 2.15. The Hall–Kier alpha value is -1.57. The molecule has 1 aliphatic carbocycles. The van der Waals surface area contributed by atoms with Crippen LogP contribution in [0.1, 0.15) is 35.2 Å². The van der Waals surface area contributed by atoms with E-state index in [9.17, 15) is 4.79 Å². The summed E-state index contributed by atoms with van der Waals surface area (Å²) in [6.07, 6.45) is 5.34. The highest BCUT2D eigenvalue weighted by atomic mass is 16.1. The van der Waals surface area contributed by atoms with Crippen LogP contribution in [0.5, 0.6) is 0 Å². The number of hydrogen-bond donors (Lipinski definition) is 0. The molecule has 0 unspecified atom stereocenters. The molecule has 1 heterocycles. The van der Waals surface area contributed by atoms with Crippen LogP contribution in [0.4, 0.5) is 0 Å². The molecule has 1 aromatic carbocycles. The number of aromatic nitrogens is 1. The van der Waals surface area contributed by atoms with Gasteiger partial charge in [-0.3, -0.25) is 4.79 Å². The zero-order valence-electron chi connectivity index (χ0n) is 10.4. The maximum absolute atomic E-state index is 12.4. The summed E-state index contributed by atoms with van der Waals surface area (Å²) in [7, 11) is 2.01. The topological polar surface area (TPSA) is 22.0 Å². The summed E-state index contributed by atoms with van der Waals surface area (Å²) in [5, 5.41) is 1.12. The van der Waals surface area contributed by atoms with E-state index in [1.807, 2.05) is 13.2 Å². The molecular weight excluding hydrogens is 210 g/mol. The lowest BCUT2D eigenvalue weighted by Crippen LogP contribution is -2.21. The molecule has 0 bridgehead atoms. The van der Waals surface area contributed by atoms with Crippen molar-refractivity contribution in [3.8, 4) is 0 Å². The lowest BCUT2D eigenvalue weighted by atomic mass is 9.80. The minimum Gasteiger partial charge on any atom is -0.350 e. The number of benzene rings is 1. The first kappa shape index (κ1) is 10.6. The van der Waals surface area contributed by atoms with Crippen molar-refractivity contribution >= 4 is 16.7 Å². The summed E-state index contributed by atoms with van der Waals surface area (Å²) in [5.74, 6) is 0.619. The molecule has 0 amide bonds. The molecule has 0 radical (unpaired) electrons. The number of ketones is 1. The minimum atomic E-state index is 0.279. The fraction of sp³-hybridized carbons (Fsp3) is 0.400. The summed E-state index contributed by atoms with van der Waals surface area (Å²) in [6, 6.07) is 6.32. The van der Waals surface area contributed by atoms with Gasteiger partial charge in [-0.05, 0) is 31.9 Å². The number of aryl methyl sites for hydroxylation is 2. The lowest BCUT2D eigenvalue weighted by molar-refractivity contribution is 0.0857. The van der Waals surface area contributed by atoms with E-state index in [1.165, 1.54) is 12.0 Å². The van der Waals surface area contributed by atoms with E-state index >= 15 is 0 Å². The van der Waals surface area contributed by atoms with Gasteiger partial charge in [0.2, 0.25) is 0 Å². The molecule has 0 aliphatic heterocycles. The van der Waals surface area contributed by atoms with Crippen molar-refractivity contribution in [2.45, 2.75) is 26.2 Å². The van der Waals surface area contributed by atoms with Gasteiger partial charge in [-0.2, -0.15) is 0 Å². The second-order valence-electron chi connectivity index (χ2n) is 5.17. The van der Waals surface area contributed by atoms with Gasteiger partial charge < -0.3 is 4.57 Å². The molecule has 2 aromatic rings. The Kier molecular flexibility index (Phi) is 2.32. The van der Waals surface area contributed by atoms with E-state index in [1.54, 1.807) is 0 Å². The summed E-state index contributed by atoms with van der Waals surface area (Å²) < 4.78 is 2.06. The maximum atomic E-state index is 12.4. The van der Waals surface area contributed by atoms with Crippen LogP contribution in [0.3, 0.4) is 0 Å². The van der Waals surface area contributed by atoms with Crippen LogP contribution < -0.4 is 0 Å². The number of hydrogen-bond acceptors (Lipinski definition) is 1. The van der Waals surface area contributed by atoms with Crippen LogP contribution >= 0.6 is 0 Å². The number of Topliss-reactive ketones (excluding diaryl/α,β-unsaturated/α-hetero) is 1. The molecule has 0 spiro atoms. The van der Waals surface area contributed by atoms with Gasteiger partial charge in [0.25, 0.3) is 0 Å². The Bertz CT molecular complexity index is 590. The molecule has 2 heteroatoms. The lowest BCUT2D eigenvalue weighted by Gasteiger charge is -2.23. The number of nitrogens with zero attached hydrogens (tertiary/aromatic N) is 1. The molecule has 0 atom stereocenters. The van der Waals surface area contributed by atoms with Gasteiger partial charge >= 0.3 is 0 Å². The quantitative estimate of drug-likeness (QED) is 0.720. The third kappa shape index (κ3) is 1.59.